The van der Waals surface area contributed by atoms with E-state index in [2.05, 4.69) is 20.1 Å². The molecule has 4 rings (SSSR count). The van der Waals surface area contributed by atoms with Gasteiger partial charge in [-0.05, 0) is 42.3 Å². The highest BCUT2D eigenvalue weighted by atomic mass is 35.5. The van der Waals surface area contributed by atoms with Crippen LogP contribution in [0.25, 0.3) is 16.9 Å². The molecule has 4 aromatic rings. The largest absolute Gasteiger partial charge is 0.435 e. The highest BCUT2D eigenvalue weighted by molar-refractivity contribution is 6.28. The normalized spacial score (nSPS) is 12.1. The van der Waals surface area contributed by atoms with Gasteiger partial charge in [-0.3, -0.25) is 0 Å². The summed E-state index contributed by atoms with van der Waals surface area (Å²) in [6, 6.07) is 8.03. The first-order chi connectivity index (χ1) is 13.8. The van der Waals surface area contributed by atoms with E-state index in [1.54, 1.807) is 31.2 Å². The molecule has 0 aliphatic rings. The van der Waals surface area contributed by atoms with Gasteiger partial charge < -0.3 is 4.57 Å². The van der Waals surface area contributed by atoms with Crippen molar-refractivity contribution >= 4 is 34.4 Å². The van der Waals surface area contributed by atoms with Crippen LogP contribution in [0, 0.1) is 6.92 Å². The zero-order valence-electron chi connectivity index (χ0n) is 15.0. The molecular weight excluding hydrogens is 428 g/mol. The molecule has 0 N–H and O–H groups in total. The van der Waals surface area contributed by atoms with E-state index in [1.807, 2.05) is 4.57 Å². The van der Waals surface area contributed by atoms with Gasteiger partial charge in [0.15, 0.2) is 11.3 Å². The molecule has 3 aromatic heterocycles. The summed E-state index contributed by atoms with van der Waals surface area (Å²) >= 11 is 11.9. The molecule has 1 aromatic carbocycles. The third-order valence-corrected chi connectivity index (χ3v) is 4.78. The van der Waals surface area contributed by atoms with Crippen LogP contribution in [-0.2, 0) is 18.6 Å². The molecule has 29 heavy (non-hydrogen) atoms. The van der Waals surface area contributed by atoms with E-state index >= 15 is 0 Å². The Morgan fingerprint density at radius 1 is 1.10 bits per heavy atom. The molecule has 0 radical (unpaired) electrons. The summed E-state index contributed by atoms with van der Waals surface area (Å²) in [5, 5.41) is 3.76. The zero-order chi connectivity index (χ0) is 20.8. The lowest BCUT2D eigenvalue weighted by Gasteiger charge is -2.09. The molecule has 150 valence electrons. The molecule has 6 nitrogen and oxygen atoms in total. The van der Waals surface area contributed by atoms with E-state index in [-0.39, 0.29) is 11.2 Å². The van der Waals surface area contributed by atoms with Crippen LogP contribution >= 0.6 is 23.2 Å². The van der Waals surface area contributed by atoms with Gasteiger partial charge in [-0.15, -0.1) is 11.6 Å². The first kappa shape index (κ1) is 19.7. The highest BCUT2D eigenvalue weighted by Gasteiger charge is 2.34. The van der Waals surface area contributed by atoms with Crippen LogP contribution < -0.4 is 0 Å². The Balaban J connectivity index is 1.65. The first-order valence-corrected chi connectivity index (χ1v) is 9.34. The zero-order valence-corrected chi connectivity index (χ0v) is 16.5. The maximum absolute atomic E-state index is 12.9. The lowest BCUT2D eigenvalue weighted by atomic mass is 10.2. The van der Waals surface area contributed by atoms with Crippen molar-refractivity contribution in [2.75, 3.05) is 0 Å². The second-order valence-corrected chi connectivity index (χ2v) is 6.95. The van der Waals surface area contributed by atoms with E-state index in [0.717, 1.165) is 11.6 Å². The number of halogens is 5. The number of hydrogen-bond donors (Lipinski definition) is 0. The predicted molar refractivity (Wildman–Crippen MR) is 102 cm³/mol. The average Bonchev–Trinajstić information content (AvgIpc) is 3.23. The van der Waals surface area contributed by atoms with E-state index in [1.165, 1.54) is 10.9 Å². The number of benzene rings is 1. The Kier molecular flexibility index (Phi) is 4.95. The van der Waals surface area contributed by atoms with Crippen molar-refractivity contribution in [2.45, 2.75) is 25.5 Å². The van der Waals surface area contributed by atoms with Crippen molar-refractivity contribution in [3.8, 4) is 5.69 Å². The fourth-order valence-electron chi connectivity index (χ4n) is 3.01. The summed E-state index contributed by atoms with van der Waals surface area (Å²) in [5.41, 5.74) is 2.01. The number of nitrogens with zero attached hydrogens (tertiary/aromatic N) is 6. The van der Waals surface area contributed by atoms with Crippen LogP contribution in [-0.4, -0.2) is 29.3 Å². The minimum atomic E-state index is -4.49. The van der Waals surface area contributed by atoms with Gasteiger partial charge in [-0.1, -0.05) is 12.1 Å². The summed E-state index contributed by atoms with van der Waals surface area (Å²) in [5.74, 6) is 0.790. The van der Waals surface area contributed by atoms with Gasteiger partial charge in [0.25, 0.3) is 0 Å². The lowest BCUT2D eigenvalue weighted by Crippen LogP contribution is -2.08. The van der Waals surface area contributed by atoms with Gasteiger partial charge >= 0.3 is 6.18 Å². The van der Waals surface area contributed by atoms with Crippen molar-refractivity contribution in [1.29, 1.82) is 0 Å². The fourth-order valence-corrected chi connectivity index (χ4v) is 3.35. The van der Waals surface area contributed by atoms with Crippen LogP contribution in [0.2, 0.25) is 5.28 Å². The van der Waals surface area contributed by atoms with E-state index in [4.69, 9.17) is 23.2 Å². The smallest absolute Gasteiger partial charge is 0.307 e. The molecular formula is C18H13Cl2F3N6. The second-order valence-electron chi connectivity index (χ2n) is 6.34. The maximum Gasteiger partial charge on any atom is 0.435 e. The molecule has 0 amide bonds. The molecule has 0 saturated carbocycles. The minimum Gasteiger partial charge on any atom is -0.307 e. The molecule has 0 saturated heterocycles. The van der Waals surface area contributed by atoms with Crippen molar-refractivity contribution < 1.29 is 13.2 Å². The molecule has 3 heterocycles. The van der Waals surface area contributed by atoms with Gasteiger partial charge in [0, 0.05) is 5.69 Å². The molecule has 0 fully saturated rings. The summed E-state index contributed by atoms with van der Waals surface area (Å²) in [7, 11) is 0. The van der Waals surface area contributed by atoms with Crippen molar-refractivity contribution in [2.24, 2.45) is 0 Å². The van der Waals surface area contributed by atoms with Crippen molar-refractivity contribution in [3.63, 3.8) is 0 Å². The third kappa shape index (κ3) is 3.79. The Morgan fingerprint density at radius 2 is 1.83 bits per heavy atom. The number of imidazole rings is 1. The van der Waals surface area contributed by atoms with Crippen LogP contribution in [0.3, 0.4) is 0 Å². The predicted octanol–water partition coefficient (Wildman–Crippen LogP) is 4.78. The van der Waals surface area contributed by atoms with E-state index < -0.39 is 11.9 Å². The Labute approximate surface area is 172 Å². The van der Waals surface area contributed by atoms with Crippen LogP contribution in [0.5, 0.6) is 0 Å². The molecule has 0 unspecified atom stereocenters. The van der Waals surface area contributed by atoms with E-state index in [0.29, 0.717) is 34.9 Å². The number of aryl methyl sites for hydroxylation is 1. The van der Waals surface area contributed by atoms with Gasteiger partial charge in [-0.2, -0.15) is 23.3 Å². The molecule has 0 atom stereocenters. The molecule has 0 aliphatic carbocycles. The number of fused-ring (bicyclic) bond motifs is 1. The number of alkyl halides is 4. The average molecular weight is 441 g/mol. The van der Waals surface area contributed by atoms with Gasteiger partial charge in [-0.25, -0.2) is 14.6 Å². The fraction of sp³-hybridized carbons (Fsp3) is 0.222. The van der Waals surface area contributed by atoms with Crippen molar-refractivity contribution in [3.05, 3.63) is 64.6 Å². The first-order valence-electron chi connectivity index (χ1n) is 8.43. The second kappa shape index (κ2) is 7.31. The Hall–Kier alpha value is -2.65. The number of aromatic nitrogens is 6. The third-order valence-electron chi connectivity index (χ3n) is 4.36. The van der Waals surface area contributed by atoms with Crippen LogP contribution in [0.15, 0.2) is 36.5 Å². The molecule has 0 spiro atoms. The summed E-state index contributed by atoms with van der Waals surface area (Å²) in [6.45, 7) is 1.99. The summed E-state index contributed by atoms with van der Waals surface area (Å²) in [4.78, 5) is 12.5. The van der Waals surface area contributed by atoms with Gasteiger partial charge in [0.2, 0.25) is 5.28 Å². The number of rotatable bonds is 4. The van der Waals surface area contributed by atoms with Crippen LogP contribution in [0.1, 0.15) is 22.8 Å². The summed E-state index contributed by atoms with van der Waals surface area (Å²) in [6.07, 6.45) is -2.96. The topological polar surface area (TPSA) is 61.4 Å². The molecule has 0 bridgehead atoms. The maximum atomic E-state index is 12.9. The molecule has 0 aliphatic heterocycles. The Bertz CT molecular complexity index is 1180. The van der Waals surface area contributed by atoms with Gasteiger partial charge in [0.1, 0.15) is 11.3 Å². The summed E-state index contributed by atoms with van der Waals surface area (Å²) < 4.78 is 41.7. The number of hydrogen-bond acceptors (Lipinski definition) is 4. The quantitative estimate of drug-likeness (QED) is 0.338. The Morgan fingerprint density at radius 3 is 2.45 bits per heavy atom. The standard InChI is InChI=1S/C18H13Cl2F3N6/c1-10-6-14(18(21,22)23)27-29(10)12-4-2-11(3-5-12)9-28-15(7-19)25-13-8-24-17(20)26-16(13)28/h2-6,8H,7,9H2,1H3. The minimum absolute atomic E-state index is 0.102. The highest BCUT2D eigenvalue weighted by Crippen LogP contribution is 2.29. The van der Waals surface area contributed by atoms with Crippen LogP contribution in [0.4, 0.5) is 13.2 Å². The van der Waals surface area contributed by atoms with E-state index in [9.17, 15) is 13.2 Å². The van der Waals surface area contributed by atoms with Gasteiger partial charge in [0.05, 0.1) is 24.3 Å². The SMILES string of the molecule is Cc1cc(C(F)(F)F)nn1-c1ccc(Cn2c(CCl)nc3cnc(Cl)nc32)cc1. The monoisotopic (exact) mass is 440 g/mol. The molecule has 11 heteroatoms. The van der Waals surface area contributed by atoms with Crippen molar-refractivity contribution in [1.82, 2.24) is 29.3 Å². The lowest BCUT2D eigenvalue weighted by molar-refractivity contribution is -0.141.